The summed E-state index contributed by atoms with van der Waals surface area (Å²) in [4.78, 5) is 13.3. The van der Waals surface area contributed by atoms with Crippen molar-refractivity contribution in [3.05, 3.63) is 51.2 Å². The van der Waals surface area contributed by atoms with Crippen LogP contribution >= 0.6 is 11.3 Å². The zero-order valence-electron chi connectivity index (χ0n) is 19.0. The van der Waals surface area contributed by atoms with Crippen LogP contribution in [-0.4, -0.2) is 31.1 Å². The van der Waals surface area contributed by atoms with Gasteiger partial charge in [-0.3, -0.25) is 4.79 Å². The minimum atomic E-state index is -3.78. The van der Waals surface area contributed by atoms with Crippen LogP contribution in [0.3, 0.4) is 0 Å². The fraction of sp³-hybridized carbons (Fsp3) is 0.409. The Kier molecular flexibility index (Phi) is 7.16. The number of nitrogens with zero attached hydrogens (tertiary/aromatic N) is 2. The second-order valence-electron chi connectivity index (χ2n) is 7.66. The van der Waals surface area contributed by atoms with Gasteiger partial charge in [0.05, 0.1) is 16.2 Å². The van der Waals surface area contributed by atoms with Gasteiger partial charge in [0, 0.05) is 6.54 Å². The van der Waals surface area contributed by atoms with Gasteiger partial charge in [-0.15, -0.1) is 21.5 Å². The van der Waals surface area contributed by atoms with Crippen molar-refractivity contribution in [1.82, 2.24) is 14.9 Å². The van der Waals surface area contributed by atoms with Crippen LogP contribution in [0.15, 0.2) is 26.8 Å². The van der Waals surface area contributed by atoms with Gasteiger partial charge in [-0.05, 0) is 80.8 Å². The molecule has 0 aliphatic carbocycles. The summed E-state index contributed by atoms with van der Waals surface area (Å²) in [5, 5.41) is 9.79. The van der Waals surface area contributed by atoms with Gasteiger partial charge < -0.3 is 9.15 Å². The van der Waals surface area contributed by atoms with Gasteiger partial charge in [-0.25, -0.2) is 13.1 Å². The molecular formula is C22H27N3O5S2. The summed E-state index contributed by atoms with van der Waals surface area (Å²) >= 11 is 1.46. The summed E-state index contributed by atoms with van der Waals surface area (Å²) in [5.41, 5.74) is 4.41. The van der Waals surface area contributed by atoms with Crippen LogP contribution < -0.4 is 4.72 Å². The van der Waals surface area contributed by atoms with Crippen molar-refractivity contribution < 1.29 is 22.4 Å². The standard InChI is InChI=1S/C22H27N3O5S2/c1-12-13(2)15(4)20(16(5)14(12)3)32(27,28)23-10-9-19(26)29-17(6)21-24-25-22(30-21)18-8-7-11-31-18/h7-8,11,17,23H,9-10H2,1-6H3. The molecule has 1 aromatic carbocycles. The number of benzene rings is 1. The third-order valence-corrected chi connectivity index (χ3v) is 8.24. The molecule has 0 radical (unpaired) electrons. The molecule has 3 rings (SSSR count). The maximum absolute atomic E-state index is 12.9. The van der Waals surface area contributed by atoms with E-state index in [0.29, 0.717) is 17.0 Å². The molecule has 32 heavy (non-hydrogen) atoms. The summed E-state index contributed by atoms with van der Waals surface area (Å²) < 4.78 is 39.3. The maximum Gasteiger partial charge on any atom is 0.307 e. The number of hydrogen-bond acceptors (Lipinski definition) is 8. The highest BCUT2D eigenvalue weighted by atomic mass is 32.2. The highest BCUT2D eigenvalue weighted by molar-refractivity contribution is 7.89. The smallest absolute Gasteiger partial charge is 0.307 e. The summed E-state index contributed by atoms with van der Waals surface area (Å²) in [6.45, 7) is 11.0. The predicted molar refractivity (Wildman–Crippen MR) is 122 cm³/mol. The van der Waals surface area contributed by atoms with E-state index in [0.717, 1.165) is 21.6 Å². The fourth-order valence-corrected chi connectivity index (χ4v) is 5.71. The first kappa shape index (κ1) is 24.1. The van der Waals surface area contributed by atoms with Gasteiger partial charge in [0.25, 0.3) is 11.8 Å². The number of esters is 1. The van der Waals surface area contributed by atoms with Crippen molar-refractivity contribution in [2.75, 3.05) is 6.54 Å². The summed E-state index contributed by atoms with van der Waals surface area (Å²) in [7, 11) is -3.78. The second kappa shape index (κ2) is 9.51. The zero-order chi connectivity index (χ0) is 23.6. The Morgan fingerprint density at radius 1 is 1.09 bits per heavy atom. The number of rotatable bonds is 8. The quantitative estimate of drug-likeness (QED) is 0.481. The lowest BCUT2D eigenvalue weighted by Crippen LogP contribution is -2.28. The molecule has 0 aliphatic rings. The van der Waals surface area contributed by atoms with E-state index < -0.39 is 22.1 Å². The topological polar surface area (TPSA) is 111 Å². The molecule has 0 saturated heterocycles. The number of ether oxygens (including phenoxy) is 1. The first-order valence-electron chi connectivity index (χ1n) is 10.2. The average Bonchev–Trinajstić information content (AvgIpc) is 3.42. The van der Waals surface area contributed by atoms with E-state index in [1.54, 1.807) is 20.8 Å². The molecule has 8 nitrogen and oxygen atoms in total. The van der Waals surface area contributed by atoms with E-state index >= 15 is 0 Å². The third-order valence-electron chi connectivity index (χ3n) is 5.65. The van der Waals surface area contributed by atoms with Crippen molar-refractivity contribution in [1.29, 1.82) is 0 Å². The molecule has 0 aliphatic heterocycles. The van der Waals surface area contributed by atoms with E-state index in [-0.39, 0.29) is 23.8 Å². The number of nitrogens with one attached hydrogen (secondary N) is 1. The fourth-order valence-electron chi connectivity index (χ4n) is 3.43. The Labute approximate surface area is 192 Å². The molecule has 2 heterocycles. The average molecular weight is 478 g/mol. The molecule has 1 atom stereocenters. The lowest BCUT2D eigenvalue weighted by molar-refractivity contribution is -0.149. The van der Waals surface area contributed by atoms with Crippen molar-refractivity contribution in [3.63, 3.8) is 0 Å². The summed E-state index contributed by atoms with van der Waals surface area (Å²) in [5.74, 6) is -0.0277. The molecule has 1 N–H and O–H groups in total. The Morgan fingerprint density at radius 3 is 2.31 bits per heavy atom. The van der Waals surface area contributed by atoms with Crippen LogP contribution in [0.5, 0.6) is 0 Å². The van der Waals surface area contributed by atoms with Crippen LogP contribution in [0.2, 0.25) is 0 Å². The molecule has 0 fully saturated rings. The van der Waals surface area contributed by atoms with Gasteiger partial charge in [-0.2, -0.15) is 0 Å². The largest absolute Gasteiger partial charge is 0.453 e. The van der Waals surface area contributed by atoms with Gasteiger partial charge in [0.15, 0.2) is 6.10 Å². The minimum absolute atomic E-state index is 0.0803. The number of carbonyl (C=O) groups is 1. The molecule has 10 heteroatoms. The Hall–Kier alpha value is -2.56. The van der Waals surface area contributed by atoms with Crippen molar-refractivity contribution in [2.24, 2.45) is 0 Å². The Balaban J connectivity index is 1.60. The van der Waals surface area contributed by atoms with E-state index in [1.165, 1.54) is 11.3 Å². The predicted octanol–water partition coefficient (Wildman–Crippen LogP) is 4.31. The van der Waals surface area contributed by atoms with E-state index in [1.807, 2.05) is 38.3 Å². The molecule has 0 saturated carbocycles. The molecule has 1 unspecified atom stereocenters. The normalized spacial score (nSPS) is 12.7. The van der Waals surface area contributed by atoms with Gasteiger partial charge in [0.2, 0.25) is 10.0 Å². The number of hydrogen-bond donors (Lipinski definition) is 1. The van der Waals surface area contributed by atoms with Crippen LogP contribution in [-0.2, 0) is 19.6 Å². The molecule has 3 aromatic rings. The van der Waals surface area contributed by atoms with Crippen LogP contribution in [0.4, 0.5) is 0 Å². The molecule has 172 valence electrons. The lowest BCUT2D eigenvalue weighted by Gasteiger charge is -2.19. The Morgan fingerprint density at radius 2 is 1.72 bits per heavy atom. The molecule has 0 amide bonds. The Bertz CT molecular complexity index is 1200. The van der Waals surface area contributed by atoms with E-state index in [4.69, 9.17) is 9.15 Å². The number of sulfonamides is 1. The lowest BCUT2D eigenvalue weighted by atomic mass is 9.95. The molecule has 0 bridgehead atoms. The first-order valence-corrected chi connectivity index (χ1v) is 12.5. The van der Waals surface area contributed by atoms with E-state index in [9.17, 15) is 13.2 Å². The van der Waals surface area contributed by atoms with Gasteiger partial charge in [-0.1, -0.05) is 6.07 Å². The minimum Gasteiger partial charge on any atom is -0.453 e. The SMILES string of the molecule is Cc1c(C)c(C)c(S(=O)(=O)NCCC(=O)OC(C)c2nnc(-c3cccs3)o2)c(C)c1C. The number of thiophene rings is 1. The molecule has 2 aromatic heterocycles. The van der Waals surface area contributed by atoms with Crippen molar-refractivity contribution in [2.45, 2.75) is 59.0 Å². The van der Waals surface area contributed by atoms with Crippen molar-refractivity contribution in [3.8, 4) is 10.8 Å². The number of carbonyl (C=O) groups excluding carboxylic acids is 1. The van der Waals surface area contributed by atoms with Crippen molar-refractivity contribution >= 4 is 27.3 Å². The van der Waals surface area contributed by atoms with Crippen LogP contribution in [0, 0.1) is 34.6 Å². The van der Waals surface area contributed by atoms with Gasteiger partial charge in [0.1, 0.15) is 0 Å². The van der Waals surface area contributed by atoms with E-state index in [2.05, 4.69) is 14.9 Å². The summed E-state index contributed by atoms with van der Waals surface area (Å²) in [6.07, 6.45) is -0.871. The molecule has 0 spiro atoms. The summed E-state index contributed by atoms with van der Waals surface area (Å²) in [6, 6.07) is 3.72. The first-order chi connectivity index (χ1) is 15.0. The highest BCUT2D eigenvalue weighted by Crippen LogP contribution is 2.29. The van der Waals surface area contributed by atoms with Gasteiger partial charge >= 0.3 is 5.97 Å². The molecular weight excluding hydrogens is 450 g/mol. The second-order valence-corrected chi connectivity index (χ2v) is 10.3. The monoisotopic (exact) mass is 477 g/mol. The zero-order valence-corrected chi connectivity index (χ0v) is 20.6. The third kappa shape index (κ3) is 4.92. The number of aromatic nitrogens is 2. The van der Waals surface area contributed by atoms with Crippen LogP contribution in [0.25, 0.3) is 10.8 Å². The highest BCUT2D eigenvalue weighted by Gasteiger charge is 2.24. The van der Waals surface area contributed by atoms with Crippen LogP contribution in [0.1, 0.15) is 53.2 Å². The maximum atomic E-state index is 12.9.